The third-order valence-corrected chi connectivity index (χ3v) is 8.10. The molecule has 0 aromatic carbocycles. The lowest BCUT2D eigenvalue weighted by Gasteiger charge is -2.61. The van der Waals surface area contributed by atoms with Gasteiger partial charge in [-0.2, -0.15) is 5.10 Å². The summed E-state index contributed by atoms with van der Waals surface area (Å²) in [7, 11) is 4.34. The first-order valence-corrected chi connectivity index (χ1v) is 10.8. The van der Waals surface area contributed by atoms with Crippen LogP contribution >= 0.6 is 0 Å². The Balaban J connectivity index is 1.40. The van der Waals surface area contributed by atoms with Crippen molar-refractivity contribution in [3.05, 3.63) is 12.7 Å². The van der Waals surface area contributed by atoms with Gasteiger partial charge in [0.05, 0.1) is 11.0 Å². The minimum Gasteiger partial charge on any atom is -0.342 e. The molecule has 27 heavy (non-hydrogen) atoms. The molecule has 4 aliphatic carbocycles. The largest absolute Gasteiger partial charge is 0.342 e. The zero-order valence-electron chi connectivity index (χ0n) is 16.8. The SMILES string of the molecule is CN(C)[C@@H]1CCCN(C(=O)C23C[C@@H]4C[C@@H](C2)CC(n2cncn2)(C4)C3)CC1. The highest BCUT2D eigenvalue weighted by molar-refractivity contribution is 5.83. The van der Waals surface area contributed by atoms with E-state index in [9.17, 15) is 4.79 Å². The highest BCUT2D eigenvalue weighted by Crippen LogP contribution is 2.64. The number of hydrogen-bond acceptors (Lipinski definition) is 4. The zero-order chi connectivity index (χ0) is 18.6. The monoisotopic (exact) mass is 371 g/mol. The molecule has 5 fully saturated rings. The first kappa shape index (κ1) is 17.7. The molecule has 0 spiro atoms. The fourth-order valence-electron chi connectivity index (χ4n) is 7.32. The van der Waals surface area contributed by atoms with Crippen molar-refractivity contribution < 1.29 is 4.79 Å². The maximum atomic E-state index is 13.9. The van der Waals surface area contributed by atoms with Crippen LogP contribution in [-0.2, 0) is 10.3 Å². The number of rotatable bonds is 3. The van der Waals surface area contributed by atoms with Gasteiger partial charge in [-0.1, -0.05) is 0 Å². The maximum Gasteiger partial charge on any atom is 0.228 e. The predicted molar refractivity (Wildman–Crippen MR) is 103 cm³/mol. The topological polar surface area (TPSA) is 54.3 Å². The molecule has 6 heteroatoms. The number of aromatic nitrogens is 3. The third-order valence-electron chi connectivity index (χ3n) is 8.10. The number of carbonyl (C=O) groups is 1. The van der Waals surface area contributed by atoms with Gasteiger partial charge in [-0.3, -0.25) is 4.79 Å². The number of amides is 1. The molecule has 1 aromatic heterocycles. The summed E-state index contributed by atoms with van der Waals surface area (Å²) >= 11 is 0. The molecule has 1 aliphatic heterocycles. The predicted octanol–water partition coefficient (Wildman–Crippen LogP) is 2.52. The maximum absolute atomic E-state index is 13.9. The first-order valence-electron chi connectivity index (χ1n) is 10.8. The van der Waals surface area contributed by atoms with Gasteiger partial charge in [0.1, 0.15) is 12.7 Å². The van der Waals surface area contributed by atoms with Gasteiger partial charge >= 0.3 is 0 Å². The van der Waals surface area contributed by atoms with Gasteiger partial charge in [-0.15, -0.1) is 0 Å². The quantitative estimate of drug-likeness (QED) is 0.819. The minimum absolute atomic E-state index is 0.0360. The van der Waals surface area contributed by atoms with Crippen LogP contribution in [-0.4, -0.2) is 63.7 Å². The number of nitrogens with zero attached hydrogens (tertiary/aromatic N) is 5. The van der Waals surface area contributed by atoms with Crippen LogP contribution in [0.5, 0.6) is 0 Å². The van der Waals surface area contributed by atoms with E-state index in [-0.39, 0.29) is 11.0 Å². The van der Waals surface area contributed by atoms with E-state index in [0.29, 0.717) is 23.8 Å². The standard InChI is InChI=1S/C21H33N5O/c1-24(2)18-4-3-6-25(7-5-18)19(27)20-9-16-8-17(10-20)12-21(11-16,13-20)26-15-22-14-23-26/h14-18H,3-13H2,1-2H3/t16-,17-,18+,20?,21?/m0/s1. The van der Waals surface area contributed by atoms with Gasteiger partial charge in [-0.05, 0) is 83.7 Å². The number of hydrogen-bond donors (Lipinski definition) is 0. The van der Waals surface area contributed by atoms with E-state index in [2.05, 4.69) is 38.7 Å². The van der Waals surface area contributed by atoms with E-state index >= 15 is 0 Å². The highest BCUT2D eigenvalue weighted by Gasteiger charge is 2.62. The molecule has 148 valence electrons. The Morgan fingerprint density at radius 3 is 2.56 bits per heavy atom. The lowest BCUT2D eigenvalue weighted by Crippen LogP contribution is -2.61. The first-order chi connectivity index (χ1) is 13.0. The Labute approximate surface area is 162 Å². The number of carbonyl (C=O) groups excluding carboxylic acids is 1. The fourth-order valence-corrected chi connectivity index (χ4v) is 7.32. The Morgan fingerprint density at radius 2 is 1.89 bits per heavy atom. The molecule has 0 unspecified atom stereocenters. The second-order valence-corrected chi connectivity index (χ2v) is 10.1. The lowest BCUT2D eigenvalue weighted by atomic mass is 9.46. The van der Waals surface area contributed by atoms with Crippen molar-refractivity contribution in [1.82, 2.24) is 24.6 Å². The molecular weight excluding hydrogens is 338 g/mol. The van der Waals surface area contributed by atoms with E-state index in [0.717, 1.165) is 45.2 Å². The lowest BCUT2D eigenvalue weighted by molar-refractivity contribution is -0.166. The van der Waals surface area contributed by atoms with Crippen LogP contribution in [0.1, 0.15) is 57.8 Å². The van der Waals surface area contributed by atoms with Crippen molar-refractivity contribution in [3.8, 4) is 0 Å². The molecule has 0 N–H and O–H groups in total. The van der Waals surface area contributed by atoms with Crippen molar-refractivity contribution in [2.45, 2.75) is 69.4 Å². The third kappa shape index (κ3) is 2.82. The van der Waals surface area contributed by atoms with Crippen LogP contribution in [0.4, 0.5) is 0 Å². The van der Waals surface area contributed by atoms with E-state index in [4.69, 9.17) is 0 Å². The van der Waals surface area contributed by atoms with Gasteiger partial charge in [0.15, 0.2) is 0 Å². The van der Waals surface area contributed by atoms with Crippen molar-refractivity contribution in [3.63, 3.8) is 0 Å². The Morgan fingerprint density at radius 1 is 1.11 bits per heavy atom. The summed E-state index contributed by atoms with van der Waals surface area (Å²) in [6, 6.07) is 0.612. The van der Waals surface area contributed by atoms with E-state index in [1.807, 2.05) is 6.33 Å². The number of likely N-dealkylation sites (tertiary alicyclic amines) is 1. The second kappa shape index (κ2) is 6.29. The summed E-state index contributed by atoms with van der Waals surface area (Å²) in [5.74, 6) is 1.82. The van der Waals surface area contributed by atoms with Gasteiger partial charge in [0.25, 0.3) is 0 Å². The molecule has 0 radical (unpaired) electrons. The van der Waals surface area contributed by atoms with Crippen molar-refractivity contribution in [2.75, 3.05) is 27.2 Å². The highest BCUT2D eigenvalue weighted by atomic mass is 16.2. The molecule has 2 heterocycles. The van der Waals surface area contributed by atoms with Crippen LogP contribution in [0.15, 0.2) is 12.7 Å². The van der Waals surface area contributed by atoms with E-state index in [1.54, 1.807) is 6.33 Å². The van der Waals surface area contributed by atoms with Crippen molar-refractivity contribution in [1.29, 1.82) is 0 Å². The fraction of sp³-hybridized carbons (Fsp3) is 0.857. The zero-order valence-corrected chi connectivity index (χ0v) is 16.8. The molecule has 3 atom stereocenters. The Hall–Kier alpha value is -1.43. The summed E-state index contributed by atoms with van der Waals surface area (Å²) < 4.78 is 2.11. The summed E-state index contributed by atoms with van der Waals surface area (Å²) in [6.07, 6.45) is 13.9. The minimum atomic E-state index is -0.145. The van der Waals surface area contributed by atoms with Gasteiger partial charge < -0.3 is 9.80 Å². The van der Waals surface area contributed by atoms with Crippen LogP contribution < -0.4 is 0 Å². The van der Waals surface area contributed by atoms with Crippen LogP contribution in [0.25, 0.3) is 0 Å². The van der Waals surface area contributed by atoms with Gasteiger partial charge in [0.2, 0.25) is 5.91 Å². The average Bonchev–Trinajstić information content (AvgIpc) is 3.06. The molecule has 4 bridgehead atoms. The second-order valence-electron chi connectivity index (χ2n) is 10.1. The van der Waals surface area contributed by atoms with E-state index < -0.39 is 0 Å². The van der Waals surface area contributed by atoms with Gasteiger partial charge in [-0.25, -0.2) is 9.67 Å². The molecule has 1 saturated heterocycles. The van der Waals surface area contributed by atoms with Crippen molar-refractivity contribution >= 4 is 5.91 Å². The molecule has 4 saturated carbocycles. The normalized spacial score (nSPS) is 41.1. The molecule has 6 rings (SSSR count). The van der Waals surface area contributed by atoms with Crippen LogP contribution in [0.3, 0.4) is 0 Å². The summed E-state index contributed by atoms with van der Waals surface area (Å²) in [6.45, 7) is 1.87. The average molecular weight is 372 g/mol. The van der Waals surface area contributed by atoms with Crippen LogP contribution in [0.2, 0.25) is 0 Å². The van der Waals surface area contributed by atoms with E-state index in [1.165, 1.54) is 25.7 Å². The Bertz CT molecular complexity index is 685. The molecular formula is C21H33N5O. The smallest absolute Gasteiger partial charge is 0.228 e. The molecule has 5 aliphatic rings. The van der Waals surface area contributed by atoms with Crippen molar-refractivity contribution in [2.24, 2.45) is 17.3 Å². The molecule has 6 nitrogen and oxygen atoms in total. The van der Waals surface area contributed by atoms with Crippen LogP contribution in [0, 0.1) is 17.3 Å². The molecule has 1 aromatic rings. The molecule has 1 amide bonds. The summed E-state index contributed by atoms with van der Waals surface area (Å²) in [5, 5.41) is 4.53. The summed E-state index contributed by atoms with van der Waals surface area (Å²) in [5.41, 5.74) is -0.109. The Kier molecular flexibility index (Phi) is 4.12. The van der Waals surface area contributed by atoms with Gasteiger partial charge in [0, 0.05) is 19.1 Å². The summed E-state index contributed by atoms with van der Waals surface area (Å²) in [4.78, 5) is 22.6.